The van der Waals surface area contributed by atoms with Crippen molar-refractivity contribution in [3.63, 3.8) is 0 Å². The Hall–Kier alpha value is -2.80. The Morgan fingerprint density at radius 3 is 2.48 bits per heavy atom. The molecular weight excluding hydrogens is 439 g/mol. The van der Waals surface area contributed by atoms with Crippen molar-refractivity contribution in [1.82, 2.24) is 4.72 Å². The number of aldehydes is 1. The summed E-state index contributed by atoms with van der Waals surface area (Å²) >= 11 is 1.23. The highest BCUT2D eigenvalue weighted by molar-refractivity contribution is 7.98. The van der Waals surface area contributed by atoms with Gasteiger partial charge in [-0.1, -0.05) is 45.6 Å². The molecule has 0 saturated carbocycles. The van der Waals surface area contributed by atoms with Crippen molar-refractivity contribution >= 4 is 41.3 Å². The van der Waals surface area contributed by atoms with Gasteiger partial charge in [0.2, 0.25) is 0 Å². The van der Waals surface area contributed by atoms with E-state index >= 15 is 0 Å². The number of nitrogens with zero attached hydrogens (tertiary/aromatic N) is 1. The van der Waals surface area contributed by atoms with Crippen molar-refractivity contribution in [2.24, 2.45) is 10.9 Å². The largest absolute Gasteiger partial charge is 0.313 e. The third-order valence-electron chi connectivity index (χ3n) is 6.57. The molecule has 172 valence electrons. The summed E-state index contributed by atoms with van der Waals surface area (Å²) in [4.78, 5) is 44.1. The molecule has 1 aliphatic heterocycles. The molecule has 5 nitrogen and oxygen atoms in total. The number of hydrogen-bond acceptors (Lipinski definition) is 6. The van der Waals surface area contributed by atoms with Gasteiger partial charge in [0, 0.05) is 11.1 Å². The van der Waals surface area contributed by atoms with Crippen LogP contribution in [-0.4, -0.2) is 23.7 Å². The van der Waals surface area contributed by atoms with E-state index in [1.807, 2.05) is 0 Å². The Kier molecular flexibility index (Phi) is 6.79. The maximum atomic E-state index is 14.2. The van der Waals surface area contributed by atoms with E-state index in [2.05, 4.69) is 23.6 Å². The summed E-state index contributed by atoms with van der Waals surface area (Å²) in [5.41, 5.74) is 1.21. The lowest BCUT2D eigenvalue weighted by atomic mass is 9.60. The lowest BCUT2D eigenvalue weighted by Crippen LogP contribution is -2.53. The van der Waals surface area contributed by atoms with Crippen LogP contribution in [-0.2, 0) is 10.2 Å². The maximum Gasteiger partial charge on any atom is 0.181 e. The first-order valence-corrected chi connectivity index (χ1v) is 12.3. The van der Waals surface area contributed by atoms with Crippen LogP contribution in [0.1, 0.15) is 78.7 Å². The van der Waals surface area contributed by atoms with Crippen molar-refractivity contribution < 1.29 is 18.8 Å². The summed E-state index contributed by atoms with van der Waals surface area (Å²) < 4.78 is 17.3. The summed E-state index contributed by atoms with van der Waals surface area (Å²) in [5, 5.41) is 0. The Bertz CT molecular complexity index is 1140. The van der Waals surface area contributed by atoms with E-state index in [-0.39, 0.29) is 17.2 Å². The average Bonchev–Trinajstić information content (AvgIpc) is 2.83. The van der Waals surface area contributed by atoms with Gasteiger partial charge in [0.25, 0.3) is 0 Å². The molecule has 0 aromatic heterocycles. The minimum atomic E-state index is -1.11. The van der Waals surface area contributed by atoms with Gasteiger partial charge >= 0.3 is 0 Å². The number of aliphatic imine (C=N–C) groups is 1. The maximum absolute atomic E-state index is 14.2. The van der Waals surface area contributed by atoms with Gasteiger partial charge in [0.1, 0.15) is 23.9 Å². The molecule has 0 fully saturated rings. The van der Waals surface area contributed by atoms with E-state index in [0.29, 0.717) is 29.7 Å². The van der Waals surface area contributed by atoms with Gasteiger partial charge in [0.05, 0.1) is 16.0 Å². The van der Waals surface area contributed by atoms with Crippen LogP contribution in [0.5, 0.6) is 0 Å². The van der Waals surface area contributed by atoms with Gasteiger partial charge in [-0.15, -0.1) is 0 Å². The van der Waals surface area contributed by atoms with Gasteiger partial charge in [0.15, 0.2) is 11.6 Å². The summed E-state index contributed by atoms with van der Waals surface area (Å²) in [6, 6.07) is 9.32. The summed E-state index contributed by atoms with van der Waals surface area (Å²) in [6.45, 7) is 4.14. The second-order valence-corrected chi connectivity index (χ2v) is 9.53. The van der Waals surface area contributed by atoms with E-state index in [1.54, 1.807) is 24.3 Å². The zero-order chi connectivity index (χ0) is 23.6. The fourth-order valence-electron chi connectivity index (χ4n) is 4.83. The summed E-state index contributed by atoms with van der Waals surface area (Å²) in [6.07, 6.45) is 5.48. The second-order valence-electron chi connectivity index (χ2n) is 8.69. The SMILES string of the molecule is CCCCC1(CCCC)C(=O)C(C2=Nc3ccc(C=O)cc3SN2)C(=O)c2cc(F)ccc21. The van der Waals surface area contributed by atoms with Crippen LogP contribution in [0.4, 0.5) is 10.1 Å². The molecule has 2 aliphatic rings. The number of carbonyl (C=O) groups is 3. The molecule has 0 saturated heterocycles. The van der Waals surface area contributed by atoms with Crippen molar-refractivity contribution in [1.29, 1.82) is 0 Å². The highest BCUT2D eigenvalue weighted by Gasteiger charge is 2.53. The van der Waals surface area contributed by atoms with Crippen molar-refractivity contribution in [2.75, 3.05) is 0 Å². The number of ketones is 2. The van der Waals surface area contributed by atoms with Gasteiger partial charge in [-0.05, 0) is 60.7 Å². The Morgan fingerprint density at radius 1 is 1.09 bits per heavy atom. The molecule has 1 unspecified atom stereocenters. The monoisotopic (exact) mass is 466 g/mol. The highest BCUT2D eigenvalue weighted by atomic mass is 32.2. The highest BCUT2D eigenvalue weighted by Crippen LogP contribution is 2.46. The first-order chi connectivity index (χ1) is 15.9. The van der Waals surface area contributed by atoms with Crippen LogP contribution < -0.4 is 4.72 Å². The van der Waals surface area contributed by atoms with Gasteiger partial charge < -0.3 is 4.72 Å². The van der Waals surface area contributed by atoms with Gasteiger partial charge in [-0.2, -0.15) is 0 Å². The molecule has 1 aliphatic carbocycles. The Morgan fingerprint density at radius 2 is 1.82 bits per heavy atom. The smallest absolute Gasteiger partial charge is 0.181 e. The molecular formula is C26H27FN2O3S. The van der Waals surface area contributed by atoms with E-state index in [1.165, 1.54) is 24.1 Å². The van der Waals surface area contributed by atoms with Crippen LogP contribution >= 0.6 is 11.9 Å². The molecule has 1 N–H and O–H groups in total. The lowest BCUT2D eigenvalue weighted by Gasteiger charge is -2.41. The van der Waals surface area contributed by atoms with E-state index in [0.717, 1.165) is 36.9 Å². The Balaban J connectivity index is 1.85. The third kappa shape index (κ3) is 4.14. The fraction of sp³-hybridized carbons (Fsp3) is 0.385. The Labute approximate surface area is 197 Å². The lowest BCUT2D eigenvalue weighted by molar-refractivity contribution is -0.126. The molecule has 0 spiro atoms. The minimum Gasteiger partial charge on any atom is -0.313 e. The van der Waals surface area contributed by atoms with Crippen LogP contribution in [0.25, 0.3) is 0 Å². The molecule has 33 heavy (non-hydrogen) atoms. The van der Waals surface area contributed by atoms with Crippen molar-refractivity contribution in [2.45, 2.75) is 62.7 Å². The molecule has 1 heterocycles. The molecule has 7 heteroatoms. The molecule has 0 bridgehead atoms. The summed E-state index contributed by atoms with van der Waals surface area (Å²) in [5.74, 6) is -1.91. The number of fused-ring (bicyclic) bond motifs is 2. The number of rotatable bonds is 8. The number of halogens is 1. The number of nitrogens with one attached hydrogen (secondary N) is 1. The van der Waals surface area contributed by atoms with Crippen LogP contribution in [0.15, 0.2) is 46.3 Å². The number of unbranched alkanes of at least 4 members (excludes halogenated alkanes) is 2. The number of Topliss-reactive ketones (excluding diaryl/α,β-unsaturated/α-hetero) is 2. The predicted octanol–water partition coefficient (Wildman–Crippen LogP) is 5.98. The number of benzene rings is 2. The molecule has 0 radical (unpaired) electrons. The molecule has 2 aromatic carbocycles. The first-order valence-electron chi connectivity index (χ1n) is 11.4. The van der Waals surface area contributed by atoms with E-state index < -0.39 is 22.9 Å². The topological polar surface area (TPSA) is 75.6 Å². The minimum absolute atomic E-state index is 0.159. The fourth-order valence-corrected chi connectivity index (χ4v) is 5.62. The molecule has 0 amide bonds. The predicted molar refractivity (Wildman–Crippen MR) is 128 cm³/mol. The van der Waals surface area contributed by atoms with Crippen LogP contribution in [0.3, 0.4) is 0 Å². The zero-order valence-electron chi connectivity index (χ0n) is 18.8. The number of amidine groups is 1. The van der Waals surface area contributed by atoms with Gasteiger partial charge in [-0.25, -0.2) is 9.38 Å². The molecule has 4 rings (SSSR count). The van der Waals surface area contributed by atoms with Crippen LogP contribution in [0.2, 0.25) is 0 Å². The zero-order valence-corrected chi connectivity index (χ0v) is 19.6. The quantitative estimate of drug-likeness (QED) is 0.294. The number of hydrogen-bond donors (Lipinski definition) is 1. The van der Waals surface area contributed by atoms with Gasteiger partial charge in [-0.3, -0.25) is 14.4 Å². The second kappa shape index (κ2) is 9.59. The van der Waals surface area contributed by atoms with Crippen LogP contribution in [0, 0.1) is 11.7 Å². The van der Waals surface area contributed by atoms with Crippen molar-refractivity contribution in [3.8, 4) is 0 Å². The standard InChI is InChI=1S/C26H27FN2O3S/c1-3-5-11-26(12-6-4-2)19-9-8-17(27)14-18(19)23(31)22(24(26)32)25-28-20-10-7-16(15-30)13-21(20)33-29-25/h7-10,13-15,22H,3-6,11-12H2,1-2H3,(H,28,29). The number of carbonyl (C=O) groups excluding carboxylic acids is 3. The first kappa shape index (κ1) is 23.4. The van der Waals surface area contributed by atoms with E-state index in [4.69, 9.17) is 0 Å². The molecule has 1 atom stereocenters. The average molecular weight is 467 g/mol. The normalized spacial score (nSPS) is 18.8. The van der Waals surface area contributed by atoms with E-state index in [9.17, 15) is 18.8 Å². The third-order valence-corrected chi connectivity index (χ3v) is 7.43. The molecule has 2 aromatic rings. The summed E-state index contributed by atoms with van der Waals surface area (Å²) in [7, 11) is 0. The van der Waals surface area contributed by atoms with Crippen molar-refractivity contribution in [3.05, 3.63) is 58.9 Å².